The van der Waals surface area contributed by atoms with Gasteiger partial charge in [0.15, 0.2) is 0 Å². The van der Waals surface area contributed by atoms with Gasteiger partial charge in [0.25, 0.3) is 5.69 Å². The third-order valence-electron chi connectivity index (χ3n) is 3.89. The van der Waals surface area contributed by atoms with Crippen molar-refractivity contribution in [3.63, 3.8) is 0 Å². The summed E-state index contributed by atoms with van der Waals surface area (Å²) in [5.41, 5.74) is -3.93. The quantitative estimate of drug-likeness (QED) is 0.336. The van der Waals surface area contributed by atoms with Gasteiger partial charge in [-0.2, -0.15) is 26.3 Å². The number of hydrogen-bond donors (Lipinski definition) is 1. The maximum Gasteiger partial charge on any atom is 0.418 e. The normalized spacial score (nSPS) is 12.2. The monoisotopic (exact) mass is 401 g/mol. The van der Waals surface area contributed by atoms with E-state index >= 15 is 0 Å². The molecule has 5 nitrogen and oxygen atoms in total. The zero-order valence-electron chi connectivity index (χ0n) is 13.6. The van der Waals surface area contributed by atoms with Crippen LogP contribution in [0.4, 0.5) is 43.5 Å². The molecule has 146 valence electrons. The van der Waals surface area contributed by atoms with Crippen molar-refractivity contribution in [2.75, 3.05) is 5.32 Å². The summed E-state index contributed by atoms with van der Waals surface area (Å²) in [7, 11) is 0. The molecule has 0 saturated heterocycles. The highest BCUT2D eigenvalue weighted by Gasteiger charge is 2.38. The lowest BCUT2D eigenvalue weighted by Crippen LogP contribution is -2.13. The fourth-order valence-electron chi connectivity index (χ4n) is 2.64. The molecule has 1 heterocycles. The van der Waals surface area contributed by atoms with Crippen LogP contribution in [0.5, 0.6) is 0 Å². The number of non-ortho nitro benzene ring substituents is 1. The van der Waals surface area contributed by atoms with E-state index in [-0.39, 0.29) is 28.3 Å². The Balaban J connectivity index is 2.14. The molecular formula is C17H9F6N3O2. The van der Waals surface area contributed by atoms with Crippen molar-refractivity contribution in [3.8, 4) is 0 Å². The topological polar surface area (TPSA) is 68.1 Å². The molecule has 3 aromatic rings. The summed E-state index contributed by atoms with van der Waals surface area (Å²) in [6.07, 6.45) is -8.87. The Bertz CT molecular complexity index is 1060. The Labute approximate surface area is 152 Å². The van der Waals surface area contributed by atoms with Gasteiger partial charge in [0.05, 0.1) is 27.1 Å². The Morgan fingerprint density at radius 1 is 0.929 bits per heavy atom. The summed E-state index contributed by atoms with van der Waals surface area (Å²) in [5, 5.41) is 13.7. The number of halogens is 6. The summed E-state index contributed by atoms with van der Waals surface area (Å²) in [4.78, 5) is 14.3. The first-order valence-corrected chi connectivity index (χ1v) is 7.56. The largest absolute Gasteiger partial charge is 0.418 e. The molecule has 0 radical (unpaired) electrons. The summed E-state index contributed by atoms with van der Waals surface area (Å²) in [5.74, 6) is -0.161. The van der Waals surface area contributed by atoms with E-state index in [0.717, 1.165) is 6.20 Å². The van der Waals surface area contributed by atoms with E-state index in [1.807, 2.05) is 0 Å². The van der Waals surface area contributed by atoms with E-state index < -0.39 is 34.1 Å². The van der Waals surface area contributed by atoms with Crippen LogP contribution in [0.1, 0.15) is 11.1 Å². The number of pyridine rings is 1. The summed E-state index contributed by atoms with van der Waals surface area (Å²) >= 11 is 0. The molecule has 0 aliphatic rings. The van der Waals surface area contributed by atoms with Gasteiger partial charge in [-0.3, -0.25) is 10.1 Å². The minimum Gasteiger partial charge on any atom is -0.339 e. The number of nitro groups is 1. The summed E-state index contributed by atoms with van der Waals surface area (Å²) in [6, 6.07) is 6.39. The highest BCUT2D eigenvalue weighted by molar-refractivity contribution is 5.98. The standard InChI is InChI=1S/C17H9F6N3O2/c18-16(19,20)9-4-5-13(12(8-9)17(21,22)23)25-15-11-2-1-3-14(26(27)28)10(11)6-7-24-15/h1-8H,(H,24,25). The highest BCUT2D eigenvalue weighted by Crippen LogP contribution is 2.41. The number of hydrogen-bond acceptors (Lipinski definition) is 4. The van der Waals surface area contributed by atoms with Gasteiger partial charge < -0.3 is 5.32 Å². The van der Waals surface area contributed by atoms with Gasteiger partial charge in [-0.1, -0.05) is 12.1 Å². The molecule has 0 unspecified atom stereocenters. The second kappa shape index (κ2) is 6.66. The number of nitrogens with zero attached hydrogens (tertiary/aromatic N) is 2. The molecule has 2 aromatic carbocycles. The molecule has 0 fully saturated rings. The van der Waals surface area contributed by atoms with E-state index in [0.29, 0.717) is 12.1 Å². The van der Waals surface area contributed by atoms with Crippen LogP contribution >= 0.6 is 0 Å². The molecule has 1 N–H and O–H groups in total. The van der Waals surface area contributed by atoms with Crippen LogP contribution < -0.4 is 5.32 Å². The summed E-state index contributed by atoms with van der Waals surface area (Å²) < 4.78 is 78.2. The predicted molar refractivity (Wildman–Crippen MR) is 88.1 cm³/mol. The number of rotatable bonds is 3. The second-order valence-corrected chi connectivity index (χ2v) is 5.67. The van der Waals surface area contributed by atoms with Crippen LogP contribution in [0.3, 0.4) is 0 Å². The third kappa shape index (κ3) is 3.68. The number of benzene rings is 2. The number of nitrogens with one attached hydrogen (secondary N) is 1. The number of aromatic nitrogens is 1. The predicted octanol–water partition coefficient (Wildman–Crippen LogP) is 5.92. The van der Waals surface area contributed by atoms with Crippen LogP contribution in [0, 0.1) is 10.1 Å². The molecular weight excluding hydrogens is 392 g/mol. The van der Waals surface area contributed by atoms with Crippen molar-refractivity contribution in [1.82, 2.24) is 4.98 Å². The molecule has 0 bridgehead atoms. The first-order chi connectivity index (χ1) is 13.0. The Morgan fingerprint density at radius 2 is 1.64 bits per heavy atom. The maximum absolute atomic E-state index is 13.3. The first-order valence-electron chi connectivity index (χ1n) is 7.56. The molecule has 0 atom stereocenters. The second-order valence-electron chi connectivity index (χ2n) is 5.67. The highest BCUT2D eigenvalue weighted by atomic mass is 19.4. The van der Waals surface area contributed by atoms with Crippen LogP contribution in [0.2, 0.25) is 0 Å². The molecule has 3 rings (SSSR count). The molecule has 0 amide bonds. The van der Waals surface area contributed by atoms with Crippen LogP contribution in [-0.2, 0) is 12.4 Å². The minimum absolute atomic E-state index is 0.00405. The van der Waals surface area contributed by atoms with E-state index in [1.165, 1.54) is 24.3 Å². The van der Waals surface area contributed by atoms with Crippen LogP contribution in [-0.4, -0.2) is 9.91 Å². The van der Waals surface area contributed by atoms with Crippen LogP contribution in [0.15, 0.2) is 48.7 Å². The average molecular weight is 401 g/mol. The fraction of sp³-hybridized carbons (Fsp3) is 0.118. The van der Waals surface area contributed by atoms with Gasteiger partial charge in [0, 0.05) is 17.6 Å². The van der Waals surface area contributed by atoms with Crippen molar-refractivity contribution in [2.45, 2.75) is 12.4 Å². The zero-order valence-corrected chi connectivity index (χ0v) is 13.6. The van der Waals surface area contributed by atoms with Crippen molar-refractivity contribution in [3.05, 3.63) is 69.9 Å². The smallest absolute Gasteiger partial charge is 0.339 e. The van der Waals surface area contributed by atoms with Crippen molar-refractivity contribution in [1.29, 1.82) is 0 Å². The number of fused-ring (bicyclic) bond motifs is 1. The fourth-order valence-corrected chi connectivity index (χ4v) is 2.64. The lowest BCUT2D eigenvalue weighted by molar-refractivity contribution is -0.383. The minimum atomic E-state index is -5.07. The number of nitro benzene ring substituents is 1. The van der Waals surface area contributed by atoms with Gasteiger partial charge >= 0.3 is 12.4 Å². The van der Waals surface area contributed by atoms with E-state index in [1.54, 1.807) is 0 Å². The lowest BCUT2D eigenvalue weighted by atomic mass is 10.1. The SMILES string of the molecule is O=[N+]([O-])c1cccc2c(Nc3ccc(C(F)(F)F)cc3C(F)(F)F)nccc12. The Hall–Kier alpha value is -3.37. The molecule has 11 heteroatoms. The van der Waals surface area contributed by atoms with E-state index in [2.05, 4.69) is 10.3 Å². The Kier molecular flexibility index (Phi) is 4.61. The lowest BCUT2D eigenvalue weighted by Gasteiger charge is -2.17. The van der Waals surface area contributed by atoms with Crippen molar-refractivity contribution < 1.29 is 31.3 Å². The van der Waals surface area contributed by atoms with Gasteiger partial charge in [-0.25, -0.2) is 4.98 Å². The van der Waals surface area contributed by atoms with E-state index in [9.17, 15) is 36.5 Å². The van der Waals surface area contributed by atoms with Crippen molar-refractivity contribution >= 4 is 28.0 Å². The molecule has 28 heavy (non-hydrogen) atoms. The van der Waals surface area contributed by atoms with E-state index in [4.69, 9.17) is 0 Å². The van der Waals surface area contributed by atoms with Gasteiger partial charge in [-0.15, -0.1) is 0 Å². The van der Waals surface area contributed by atoms with Gasteiger partial charge in [0.2, 0.25) is 0 Å². The van der Waals surface area contributed by atoms with Gasteiger partial charge in [-0.05, 0) is 24.3 Å². The number of alkyl halides is 6. The van der Waals surface area contributed by atoms with Crippen LogP contribution in [0.25, 0.3) is 10.8 Å². The number of anilines is 2. The molecule has 0 saturated carbocycles. The average Bonchev–Trinajstić information content (AvgIpc) is 2.60. The first kappa shape index (κ1) is 19.4. The van der Waals surface area contributed by atoms with Gasteiger partial charge in [0.1, 0.15) is 5.82 Å². The maximum atomic E-state index is 13.3. The molecule has 1 aromatic heterocycles. The molecule has 0 aliphatic heterocycles. The Morgan fingerprint density at radius 3 is 2.25 bits per heavy atom. The third-order valence-corrected chi connectivity index (χ3v) is 3.89. The molecule has 0 aliphatic carbocycles. The molecule has 0 spiro atoms. The zero-order chi connectivity index (χ0) is 20.7. The van der Waals surface area contributed by atoms with Crippen molar-refractivity contribution in [2.24, 2.45) is 0 Å². The summed E-state index contributed by atoms with van der Waals surface area (Å²) in [6.45, 7) is 0.